The highest BCUT2D eigenvalue weighted by Crippen LogP contribution is 2.43. The van der Waals surface area contributed by atoms with Crippen molar-refractivity contribution in [3.05, 3.63) is 23.9 Å². The van der Waals surface area contributed by atoms with Gasteiger partial charge in [-0.15, -0.1) is 0 Å². The van der Waals surface area contributed by atoms with E-state index in [0.717, 1.165) is 69.4 Å². The Hall–Kier alpha value is -2.35. The van der Waals surface area contributed by atoms with Crippen LogP contribution in [0, 0.1) is 11.3 Å². The van der Waals surface area contributed by atoms with Gasteiger partial charge in [0.15, 0.2) is 5.96 Å². The number of piperidine rings is 1. The predicted octanol–water partition coefficient (Wildman–Crippen LogP) is 2.05. The molecule has 1 saturated carbocycles. The topological polar surface area (TPSA) is 105 Å². The van der Waals surface area contributed by atoms with Crippen LogP contribution in [0.4, 0.5) is 5.82 Å². The number of amides is 1. The minimum Gasteiger partial charge on any atom is -0.385 e. The van der Waals surface area contributed by atoms with Crippen molar-refractivity contribution in [2.45, 2.75) is 52.0 Å². The summed E-state index contributed by atoms with van der Waals surface area (Å²) in [5, 5.41) is 6.93. The molecular weight excluding hydrogens is 392 g/mol. The van der Waals surface area contributed by atoms with Crippen LogP contribution in [0.15, 0.2) is 23.3 Å². The molecule has 0 spiro atoms. The number of ether oxygens (including phenoxy) is 1. The predicted molar refractivity (Wildman–Crippen MR) is 124 cm³/mol. The Bertz CT molecular complexity index is 741. The number of nitrogens with zero attached hydrogens (tertiary/aromatic N) is 3. The van der Waals surface area contributed by atoms with E-state index in [4.69, 9.17) is 15.5 Å². The van der Waals surface area contributed by atoms with E-state index in [0.29, 0.717) is 12.0 Å². The van der Waals surface area contributed by atoms with Crippen LogP contribution in [0.25, 0.3) is 0 Å². The zero-order chi connectivity index (χ0) is 22.1. The first-order valence-corrected chi connectivity index (χ1v) is 11.6. The summed E-state index contributed by atoms with van der Waals surface area (Å²) in [6.07, 6.45) is 8.26. The molecule has 31 heavy (non-hydrogen) atoms. The van der Waals surface area contributed by atoms with Crippen LogP contribution >= 0.6 is 0 Å². The van der Waals surface area contributed by atoms with Crippen molar-refractivity contribution < 1.29 is 9.53 Å². The molecular formula is C23H38N6O2. The monoisotopic (exact) mass is 430 g/mol. The summed E-state index contributed by atoms with van der Waals surface area (Å²) in [6.45, 7) is 6.77. The van der Waals surface area contributed by atoms with Gasteiger partial charge in [0.2, 0.25) is 5.91 Å². The van der Waals surface area contributed by atoms with Gasteiger partial charge in [-0.25, -0.2) is 9.98 Å². The number of aromatic nitrogens is 1. The van der Waals surface area contributed by atoms with Crippen LogP contribution < -0.4 is 21.3 Å². The second-order valence-corrected chi connectivity index (χ2v) is 8.79. The number of nitrogens with one attached hydrogen (secondary N) is 2. The number of primary amides is 1. The summed E-state index contributed by atoms with van der Waals surface area (Å²) in [7, 11) is 1.77. The molecule has 8 heteroatoms. The Morgan fingerprint density at radius 1 is 1.35 bits per heavy atom. The lowest BCUT2D eigenvalue weighted by molar-refractivity contribution is -0.122. The van der Waals surface area contributed by atoms with Crippen LogP contribution in [-0.4, -0.2) is 56.7 Å². The lowest BCUT2D eigenvalue weighted by Gasteiger charge is -2.42. The van der Waals surface area contributed by atoms with Crippen LogP contribution in [0.3, 0.4) is 0 Å². The van der Waals surface area contributed by atoms with Gasteiger partial charge >= 0.3 is 0 Å². The number of carbonyl (C=O) groups excluding carboxylic acids is 1. The summed E-state index contributed by atoms with van der Waals surface area (Å²) in [5.74, 6) is 1.58. The van der Waals surface area contributed by atoms with Crippen molar-refractivity contribution in [3.63, 3.8) is 0 Å². The Labute approximate surface area is 186 Å². The molecule has 2 fully saturated rings. The minimum absolute atomic E-state index is 0.0251. The number of carbonyl (C=O) groups is 1. The van der Waals surface area contributed by atoms with Gasteiger partial charge in [0, 0.05) is 57.6 Å². The molecule has 2 heterocycles. The lowest BCUT2D eigenvalue weighted by Crippen LogP contribution is -2.47. The van der Waals surface area contributed by atoms with Crippen molar-refractivity contribution in [1.29, 1.82) is 0 Å². The highest BCUT2D eigenvalue weighted by atomic mass is 16.5. The number of guanidine groups is 1. The van der Waals surface area contributed by atoms with Crippen LogP contribution in [-0.2, 0) is 16.1 Å². The van der Waals surface area contributed by atoms with Gasteiger partial charge in [-0.2, -0.15) is 0 Å². The van der Waals surface area contributed by atoms with E-state index < -0.39 is 0 Å². The highest BCUT2D eigenvalue weighted by Gasteiger charge is 2.36. The maximum absolute atomic E-state index is 11.5. The first-order valence-electron chi connectivity index (χ1n) is 11.6. The molecule has 2 aliphatic rings. The van der Waals surface area contributed by atoms with E-state index in [1.54, 1.807) is 7.11 Å². The standard InChI is InChI=1S/C23H38N6O2/c1-3-25-22(28-17-23(9-5-10-23)11-15-31-2)27-16-19-6-4-12-26-21(19)29-13-7-18(8-14-29)20(24)30/h4,6,12,18H,3,5,7-11,13-17H2,1-2H3,(H2,24,30)(H2,25,27,28). The Kier molecular flexibility index (Phi) is 8.51. The zero-order valence-electron chi connectivity index (χ0n) is 19.0. The molecule has 0 unspecified atom stereocenters. The molecule has 1 aliphatic carbocycles. The molecule has 172 valence electrons. The van der Waals surface area contributed by atoms with Crippen molar-refractivity contribution in [2.24, 2.45) is 22.1 Å². The summed E-state index contributed by atoms with van der Waals surface area (Å²) >= 11 is 0. The quantitative estimate of drug-likeness (QED) is 0.388. The normalized spacial score (nSPS) is 19.0. The minimum atomic E-state index is -0.193. The third-order valence-electron chi connectivity index (χ3n) is 6.70. The van der Waals surface area contributed by atoms with Gasteiger partial charge in [0.1, 0.15) is 5.82 Å². The summed E-state index contributed by atoms with van der Waals surface area (Å²) < 4.78 is 5.31. The van der Waals surface area contributed by atoms with Crippen molar-refractivity contribution in [2.75, 3.05) is 44.8 Å². The maximum Gasteiger partial charge on any atom is 0.220 e. The van der Waals surface area contributed by atoms with E-state index in [1.807, 2.05) is 12.3 Å². The second kappa shape index (κ2) is 11.3. The van der Waals surface area contributed by atoms with E-state index in [-0.39, 0.29) is 11.8 Å². The fourth-order valence-electron chi connectivity index (χ4n) is 4.50. The van der Waals surface area contributed by atoms with Crippen molar-refractivity contribution in [3.8, 4) is 0 Å². The molecule has 1 aromatic heterocycles. The second-order valence-electron chi connectivity index (χ2n) is 8.79. The molecule has 0 bridgehead atoms. The SMILES string of the molecule is CCNC(=NCc1cccnc1N1CCC(C(N)=O)CC1)NCC1(CCOC)CCC1. The fourth-order valence-corrected chi connectivity index (χ4v) is 4.50. The number of aliphatic imine (C=N–C) groups is 1. The number of nitrogens with two attached hydrogens (primary N) is 1. The molecule has 1 amide bonds. The summed E-state index contributed by atoms with van der Waals surface area (Å²) in [5.41, 5.74) is 6.90. The van der Waals surface area contributed by atoms with Gasteiger partial charge in [0.25, 0.3) is 0 Å². The number of hydrogen-bond acceptors (Lipinski definition) is 5. The van der Waals surface area contributed by atoms with Crippen molar-refractivity contribution in [1.82, 2.24) is 15.6 Å². The number of methoxy groups -OCH3 is 1. The van der Waals surface area contributed by atoms with Gasteiger partial charge in [-0.3, -0.25) is 4.79 Å². The summed E-state index contributed by atoms with van der Waals surface area (Å²) in [6, 6.07) is 4.04. The molecule has 0 atom stereocenters. The number of anilines is 1. The fraction of sp³-hybridized carbons (Fsp3) is 0.696. The van der Waals surface area contributed by atoms with Crippen LogP contribution in [0.2, 0.25) is 0 Å². The van der Waals surface area contributed by atoms with Crippen LogP contribution in [0.5, 0.6) is 0 Å². The van der Waals surface area contributed by atoms with E-state index in [1.165, 1.54) is 19.3 Å². The number of hydrogen-bond donors (Lipinski definition) is 3. The molecule has 4 N–H and O–H groups in total. The van der Waals surface area contributed by atoms with Gasteiger partial charge in [0.05, 0.1) is 6.54 Å². The molecule has 1 aliphatic heterocycles. The Morgan fingerprint density at radius 3 is 2.74 bits per heavy atom. The van der Waals surface area contributed by atoms with Gasteiger partial charge in [-0.05, 0) is 50.5 Å². The third kappa shape index (κ3) is 6.32. The maximum atomic E-state index is 11.5. The molecule has 0 radical (unpaired) electrons. The van der Waals surface area contributed by atoms with Gasteiger partial charge in [-0.1, -0.05) is 12.5 Å². The molecule has 1 aromatic rings. The Balaban J connectivity index is 1.62. The largest absolute Gasteiger partial charge is 0.385 e. The van der Waals surface area contributed by atoms with E-state index in [9.17, 15) is 4.79 Å². The highest BCUT2D eigenvalue weighted by molar-refractivity contribution is 5.80. The first kappa shape index (κ1) is 23.3. The van der Waals surface area contributed by atoms with Crippen LogP contribution in [0.1, 0.15) is 51.0 Å². The molecule has 0 aromatic carbocycles. The number of rotatable bonds is 10. The number of pyridine rings is 1. The smallest absolute Gasteiger partial charge is 0.220 e. The third-order valence-corrected chi connectivity index (χ3v) is 6.70. The average molecular weight is 431 g/mol. The van der Waals surface area contributed by atoms with Gasteiger partial charge < -0.3 is 26.0 Å². The molecule has 3 rings (SSSR count). The Morgan fingerprint density at radius 2 is 2.13 bits per heavy atom. The van der Waals surface area contributed by atoms with E-state index in [2.05, 4.69) is 33.5 Å². The lowest BCUT2D eigenvalue weighted by atomic mass is 9.67. The molecule has 1 saturated heterocycles. The first-order chi connectivity index (χ1) is 15.1. The van der Waals surface area contributed by atoms with Crippen molar-refractivity contribution >= 4 is 17.7 Å². The zero-order valence-corrected chi connectivity index (χ0v) is 19.0. The average Bonchev–Trinajstić information content (AvgIpc) is 2.76. The van der Waals surface area contributed by atoms with E-state index >= 15 is 0 Å². The summed E-state index contributed by atoms with van der Waals surface area (Å²) in [4.78, 5) is 23.2. The molecule has 8 nitrogen and oxygen atoms in total.